The Balaban J connectivity index is 2.10. The van der Waals surface area contributed by atoms with Crippen molar-refractivity contribution < 1.29 is 14.3 Å². The topological polar surface area (TPSA) is 81.5 Å². The first-order valence-electron chi connectivity index (χ1n) is 8.53. The Morgan fingerprint density at radius 2 is 1.81 bits per heavy atom. The molecule has 0 fully saturated rings. The van der Waals surface area contributed by atoms with Gasteiger partial charge >= 0.3 is 5.97 Å². The van der Waals surface area contributed by atoms with Crippen molar-refractivity contribution in [3.8, 4) is 0 Å². The molecule has 1 aromatic carbocycles. The van der Waals surface area contributed by atoms with E-state index in [0.29, 0.717) is 23.7 Å². The highest BCUT2D eigenvalue weighted by molar-refractivity contribution is 6.04. The second kappa shape index (κ2) is 7.68. The van der Waals surface area contributed by atoms with Crippen molar-refractivity contribution in [2.24, 2.45) is 7.05 Å². The van der Waals surface area contributed by atoms with Gasteiger partial charge in [-0.1, -0.05) is 18.2 Å². The lowest BCUT2D eigenvalue weighted by atomic mass is 10.1. The second-order valence-electron chi connectivity index (χ2n) is 7.24. The van der Waals surface area contributed by atoms with Crippen LogP contribution in [-0.2, 0) is 16.6 Å². The van der Waals surface area contributed by atoms with Gasteiger partial charge in [0, 0.05) is 32.4 Å². The van der Waals surface area contributed by atoms with Crippen LogP contribution in [0.2, 0.25) is 0 Å². The quantitative estimate of drug-likeness (QED) is 0.764. The van der Waals surface area contributed by atoms with Crippen molar-refractivity contribution >= 4 is 22.6 Å². The van der Waals surface area contributed by atoms with Crippen LogP contribution in [0.1, 0.15) is 44.1 Å². The van der Waals surface area contributed by atoms with Crippen molar-refractivity contribution in [1.29, 1.82) is 0 Å². The zero-order valence-electron chi connectivity index (χ0n) is 15.9. The van der Waals surface area contributed by atoms with E-state index in [1.54, 1.807) is 31.3 Å². The van der Waals surface area contributed by atoms with Gasteiger partial charge in [0.25, 0.3) is 11.5 Å². The molecule has 0 saturated heterocycles. The van der Waals surface area contributed by atoms with Crippen LogP contribution in [0.4, 0.5) is 0 Å². The van der Waals surface area contributed by atoms with Crippen molar-refractivity contribution in [2.45, 2.75) is 39.2 Å². The van der Waals surface area contributed by atoms with E-state index in [4.69, 9.17) is 4.74 Å². The van der Waals surface area contributed by atoms with Crippen LogP contribution in [-0.4, -0.2) is 45.8 Å². The van der Waals surface area contributed by atoms with E-state index in [-0.39, 0.29) is 29.6 Å². The summed E-state index contributed by atoms with van der Waals surface area (Å²) in [6, 6.07) is 6.91. The Morgan fingerprint density at radius 3 is 2.42 bits per heavy atom. The Kier molecular flexibility index (Phi) is 5.79. The highest BCUT2D eigenvalue weighted by atomic mass is 16.6. The Morgan fingerprint density at radius 1 is 1.19 bits per heavy atom. The molecule has 0 N–H and O–H groups in total. The Hall–Kier alpha value is -2.70. The fourth-order valence-corrected chi connectivity index (χ4v) is 2.59. The normalized spacial score (nSPS) is 11.4. The van der Waals surface area contributed by atoms with Gasteiger partial charge in [0.05, 0.1) is 5.39 Å². The highest BCUT2D eigenvalue weighted by Crippen LogP contribution is 2.15. The maximum atomic E-state index is 12.8. The van der Waals surface area contributed by atoms with Gasteiger partial charge in [0.1, 0.15) is 5.60 Å². The third kappa shape index (κ3) is 4.68. The number of ether oxygens (including phenoxy) is 1. The molecule has 1 amide bonds. The minimum Gasteiger partial charge on any atom is -0.460 e. The van der Waals surface area contributed by atoms with Crippen molar-refractivity contribution in [2.75, 3.05) is 13.6 Å². The average Bonchev–Trinajstić information content (AvgIpc) is 2.55. The van der Waals surface area contributed by atoms with E-state index in [0.717, 1.165) is 0 Å². The summed E-state index contributed by atoms with van der Waals surface area (Å²) < 4.78 is 6.43. The van der Waals surface area contributed by atoms with Crippen LogP contribution in [0.5, 0.6) is 0 Å². The van der Waals surface area contributed by atoms with E-state index in [2.05, 4.69) is 5.10 Å². The molecular formula is C19H25N3O4. The van der Waals surface area contributed by atoms with Crippen LogP contribution in [0.3, 0.4) is 0 Å². The number of aryl methyl sites for hydroxylation is 1. The summed E-state index contributed by atoms with van der Waals surface area (Å²) in [5, 5.41) is 5.12. The molecule has 1 heterocycles. The molecule has 7 heteroatoms. The molecule has 26 heavy (non-hydrogen) atoms. The molecule has 0 aliphatic rings. The molecule has 2 rings (SSSR count). The van der Waals surface area contributed by atoms with Gasteiger partial charge < -0.3 is 9.64 Å². The summed E-state index contributed by atoms with van der Waals surface area (Å²) >= 11 is 0. The molecule has 140 valence electrons. The van der Waals surface area contributed by atoms with Gasteiger partial charge in [-0.15, -0.1) is 0 Å². The van der Waals surface area contributed by atoms with E-state index in [1.807, 2.05) is 20.8 Å². The number of hydrogen-bond acceptors (Lipinski definition) is 5. The van der Waals surface area contributed by atoms with Crippen molar-refractivity contribution in [1.82, 2.24) is 14.7 Å². The minimum absolute atomic E-state index is 0.225. The molecule has 7 nitrogen and oxygen atoms in total. The lowest BCUT2D eigenvalue weighted by molar-refractivity contribution is -0.154. The highest BCUT2D eigenvalue weighted by Gasteiger charge is 2.20. The monoisotopic (exact) mass is 359 g/mol. The molecule has 1 aromatic heterocycles. The van der Waals surface area contributed by atoms with Crippen molar-refractivity contribution in [3.05, 3.63) is 40.3 Å². The second-order valence-corrected chi connectivity index (χ2v) is 7.24. The third-order valence-electron chi connectivity index (χ3n) is 3.80. The number of carbonyl (C=O) groups is 2. The lowest BCUT2D eigenvalue weighted by Gasteiger charge is -2.20. The SMILES string of the molecule is CN(CCCC(=O)OC(C)(C)C)C(=O)c1nn(C)c(=O)c2ccccc12. The van der Waals surface area contributed by atoms with E-state index in [9.17, 15) is 14.4 Å². The molecule has 2 aromatic rings. The largest absolute Gasteiger partial charge is 0.460 e. The minimum atomic E-state index is -0.517. The van der Waals surface area contributed by atoms with Gasteiger partial charge in [-0.2, -0.15) is 5.10 Å². The number of esters is 1. The summed E-state index contributed by atoms with van der Waals surface area (Å²) in [5.74, 6) is -0.579. The number of nitrogens with zero attached hydrogens (tertiary/aromatic N) is 3. The van der Waals surface area contributed by atoms with Gasteiger partial charge in [-0.25, -0.2) is 4.68 Å². The molecule has 0 unspecified atom stereocenters. The third-order valence-corrected chi connectivity index (χ3v) is 3.80. The predicted octanol–water partition coefficient (Wildman–Crippen LogP) is 2.13. The van der Waals surface area contributed by atoms with Crippen LogP contribution < -0.4 is 5.56 Å². The summed E-state index contributed by atoms with van der Waals surface area (Å²) in [6.07, 6.45) is 0.719. The Labute approximate surface area is 152 Å². The standard InChI is InChI=1S/C19H25N3O4/c1-19(2,3)26-15(23)11-8-12-21(4)18(25)16-13-9-6-7-10-14(13)17(24)22(5)20-16/h6-7,9-10H,8,11-12H2,1-5H3. The number of fused-ring (bicyclic) bond motifs is 1. The smallest absolute Gasteiger partial charge is 0.306 e. The van der Waals surface area contributed by atoms with Crippen molar-refractivity contribution in [3.63, 3.8) is 0 Å². The summed E-state index contributed by atoms with van der Waals surface area (Å²) in [7, 11) is 3.17. The zero-order chi connectivity index (χ0) is 19.5. The van der Waals surface area contributed by atoms with Crippen LogP contribution >= 0.6 is 0 Å². The first-order chi connectivity index (χ1) is 12.1. The van der Waals surface area contributed by atoms with Crippen LogP contribution in [0.15, 0.2) is 29.1 Å². The number of aromatic nitrogens is 2. The molecule has 0 bridgehead atoms. The van der Waals surface area contributed by atoms with Gasteiger partial charge in [0.2, 0.25) is 0 Å². The zero-order valence-corrected chi connectivity index (χ0v) is 15.9. The molecule has 0 aliphatic heterocycles. The van der Waals surface area contributed by atoms with Gasteiger partial charge in [-0.05, 0) is 33.3 Å². The number of carbonyl (C=O) groups excluding carboxylic acids is 2. The molecule has 0 aliphatic carbocycles. The maximum Gasteiger partial charge on any atom is 0.306 e. The van der Waals surface area contributed by atoms with Crippen LogP contribution in [0, 0.1) is 0 Å². The average molecular weight is 359 g/mol. The lowest BCUT2D eigenvalue weighted by Crippen LogP contribution is -2.32. The van der Waals surface area contributed by atoms with Crippen LogP contribution in [0.25, 0.3) is 10.8 Å². The molecule has 0 radical (unpaired) electrons. The fraction of sp³-hybridized carbons (Fsp3) is 0.474. The fourth-order valence-electron chi connectivity index (χ4n) is 2.59. The molecule has 0 saturated carbocycles. The van der Waals surface area contributed by atoms with E-state index in [1.165, 1.54) is 16.6 Å². The molecule has 0 atom stereocenters. The van der Waals surface area contributed by atoms with E-state index >= 15 is 0 Å². The molecular weight excluding hydrogens is 334 g/mol. The van der Waals surface area contributed by atoms with Gasteiger partial charge in [-0.3, -0.25) is 14.4 Å². The first kappa shape index (κ1) is 19.6. The summed E-state index contributed by atoms with van der Waals surface area (Å²) in [4.78, 5) is 38.2. The Bertz CT molecular complexity index is 880. The van der Waals surface area contributed by atoms with Gasteiger partial charge in [0.15, 0.2) is 5.69 Å². The molecule has 0 spiro atoms. The summed E-state index contributed by atoms with van der Waals surface area (Å²) in [6.45, 7) is 5.84. The number of amides is 1. The number of hydrogen-bond donors (Lipinski definition) is 0. The predicted molar refractivity (Wildman–Crippen MR) is 99.0 cm³/mol. The summed E-state index contributed by atoms with van der Waals surface area (Å²) in [5.41, 5.74) is -0.539. The maximum absolute atomic E-state index is 12.8. The van der Waals surface area contributed by atoms with E-state index < -0.39 is 5.60 Å². The number of rotatable bonds is 5. The first-order valence-corrected chi connectivity index (χ1v) is 8.53. The number of benzene rings is 1.